The smallest absolute Gasteiger partial charge is 0.324 e. The molecule has 1 aliphatic carbocycles. The van der Waals surface area contributed by atoms with E-state index in [9.17, 15) is 14.4 Å². The molecule has 2 aromatic heterocycles. The summed E-state index contributed by atoms with van der Waals surface area (Å²) in [4.78, 5) is 53.6. The fourth-order valence-corrected chi connectivity index (χ4v) is 9.50. The Morgan fingerprint density at radius 3 is 2.58 bits per heavy atom. The first-order valence-electron chi connectivity index (χ1n) is 21.9. The van der Waals surface area contributed by atoms with Gasteiger partial charge in [0.25, 0.3) is 5.91 Å². The number of ether oxygens (including phenoxy) is 3. The molecule has 0 spiro atoms. The highest BCUT2D eigenvalue weighted by Crippen LogP contribution is 2.43. The van der Waals surface area contributed by atoms with E-state index in [1.54, 1.807) is 7.11 Å². The van der Waals surface area contributed by atoms with Crippen LogP contribution in [-0.2, 0) is 41.6 Å². The Hall–Kier alpha value is -4.24. The summed E-state index contributed by atoms with van der Waals surface area (Å²) in [5, 5.41) is 5.76. The molecule has 8 rings (SSSR count). The third-order valence-electron chi connectivity index (χ3n) is 13.3. The number of fused-ring (bicyclic) bond motifs is 6. The van der Waals surface area contributed by atoms with Crippen molar-refractivity contribution in [3.8, 4) is 11.3 Å². The van der Waals surface area contributed by atoms with Crippen molar-refractivity contribution in [1.82, 2.24) is 30.2 Å². The van der Waals surface area contributed by atoms with Crippen LogP contribution in [0.5, 0.6) is 0 Å². The van der Waals surface area contributed by atoms with Gasteiger partial charge in [-0.1, -0.05) is 20.8 Å². The second-order valence-electron chi connectivity index (χ2n) is 18.4. The number of aromatic nitrogens is 2. The van der Waals surface area contributed by atoms with Crippen LogP contribution in [0.2, 0.25) is 0 Å². The predicted octanol–water partition coefficient (Wildman–Crippen LogP) is 4.54. The summed E-state index contributed by atoms with van der Waals surface area (Å²) in [5.41, 5.74) is 10.3. The van der Waals surface area contributed by atoms with E-state index in [4.69, 9.17) is 19.2 Å². The van der Waals surface area contributed by atoms with Gasteiger partial charge < -0.3 is 38.8 Å². The molecule has 1 aromatic carbocycles. The van der Waals surface area contributed by atoms with E-state index in [0.29, 0.717) is 57.8 Å². The number of hydrogen-bond donors (Lipinski definition) is 2. The number of hydrazine groups is 1. The van der Waals surface area contributed by atoms with Gasteiger partial charge in [0, 0.05) is 99.4 Å². The molecule has 14 heteroatoms. The summed E-state index contributed by atoms with van der Waals surface area (Å²) in [6.07, 6.45) is 4.43. The number of morpholine rings is 1. The van der Waals surface area contributed by atoms with Crippen molar-refractivity contribution in [3.05, 3.63) is 41.7 Å². The molecule has 2 amide bonds. The van der Waals surface area contributed by atoms with Gasteiger partial charge in [0.2, 0.25) is 5.91 Å². The van der Waals surface area contributed by atoms with Crippen molar-refractivity contribution < 1.29 is 28.6 Å². The monoisotopic (exact) mass is 812 g/mol. The lowest BCUT2D eigenvalue weighted by molar-refractivity contribution is -0.155. The maximum Gasteiger partial charge on any atom is 0.324 e. The molecule has 320 valence electrons. The number of carbonyl (C=O) groups is 3. The molecule has 0 unspecified atom stereocenters. The lowest BCUT2D eigenvalue weighted by Gasteiger charge is -2.38. The van der Waals surface area contributed by atoms with Crippen LogP contribution in [0.15, 0.2) is 30.5 Å². The first-order valence-corrected chi connectivity index (χ1v) is 21.9. The molecular weight excluding hydrogens is 749 g/mol. The number of benzene rings is 1. The third-order valence-corrected chi connectivity index (χ3v) is 13.3. The van der Waals surface area contributed by atoms with Gasteiger partial charge in [-0.3, -0.25) is 24.4 Å². The van der Waals surface area contributed by atoms with Crippen LogP contribution in [-0.4, -0.2) is 129 Å². The number of pyridine rings is 1. The number of aryl methyl sites for hydroxylation is 1. The van der Waals surface area contributed by atoms with E-state index in [-0.39, 0.29) is 42.5 Å². The van der Waals surface area contributed by atoms with Crippen molar-refractivity contribution >= 4 is 40.1 Å². The number of amides is 2. The Balaban J connectivity index is 1.23. The van der Waals surface area contributed by atoms with Crippen molar-refractivity contribution in [2.45, 2.75) is 97.6 Å². The number of esters is 1. The molecule has 3 aromatic rings. The van der Waals surface area contributed by atoms with Crippen molar-refractivity contribution in [1.29, 1.82) is 0 Å². The Morgan fingerprint density at radius 2 is 1.85 bits per heavy atom. The number of nitrogens with one attached hydrogen (secondary N) is 2. The number of carbonyl (C=O) groups excluding carboxylic acids is 3. The normalized spacial score (nSPS) is 27.3. The third kappa shape index (κ3) is 8.69. The highest BCUT2D eigenvalue weighted by Gasteiger charge is 2.43. The molecule has 5 aliphatic rings. The number of anilines is 2. The van der Waals surface area contributed by atoms with E-state index in [0.717, 1.165) is 78.4 Å². The van der Waals surface area contributed by atoms with E-state index < -0.39 is 17.5 Å². The molecule has 2 N–H and O–H groups in total. The summed E-state index contributed by atoms with van der Waals surface area (Å²) in [6.45, 7) is 17.6. The Labute approximate surface area is 348 Å². The zero-order chi connectivity index (χ0) is 41.6. The quantitative estimate of drug-likeness (QED) is 0.326. The number of piperazine rings is 1. The predicted molar refractivity (Wildman–Crippen MR) is 228 cm³/mol. The standard InChI is InChI=1S/C45H64N8O6/c1-8-52-39-12-11-30-21-34(39)36(41(52)35-22-31(25-46-40(35)29(3)57-7)50-16-14-49(6)15-17-50)24-45(4,5)27-59-44(56)37-10-9-13-53(48-37)43(55)38(47-42(54)33-20-28(33)2)23-32-26-51(30)18-19-58-32/h11-12,21-22,25,28-29,32-33,37-38,48H,8-10,13-20,23-24,26-27H2,1-7H3,(H,47,54)/t28-,29-,32-,33-,37-,38-/m0/s1. The molecule has 59 heavy (non-hydrogen) atoms. The number of methoxy groups -OCH3 is 1. The average Bonchev–Trinajstić information content (AvgIpc) is 3.91. The van der Waals surface area contributed by atoms with Crippen LogP contribution >= 0.6 is 0 Å². The molecule has 4 fully saturated rings. The molecule has 14 nitrogen and oxygen atoms in total. The molecule has 3 saturated heterocycles. The number of hydrogen-bond acceptors (Lipinski definition) is 11. The molecule has 6 atom stereocenters. The first-order chi connectivity index (χ1) is 28.3. The fourth-order valence-electron chi connectivity index (χ4n) is 9.50. The molecule has 4 aliphatic heterocycles. The topological polar surface area (TPSA) is 134 Å². The number of rotatable bonds is 7. The highest BCUT2D eigenvalue weighted by atomic mass is 16.5. The second kappa shape index (κ2) is 17.0. The second-order valence-corrected chi connectivity index (χ2v) is 18.4. The van der Waals surface area contributed by atoms with Gasteiger partial charge in [0.15, 0.2) is 0 Å². The van der Waals surface area contributed by atoms with Crippen LogP contribution in [0.25, 0.3) is 22.2 Å². The van der Waals surface area contributed by atoms with Crippen molar-refractivity contribution in [3.63, 3.8) is 0 Å². The van der Waals surface area contributed by atoms with E-state index in [2.05, 4.69) is 95.9 Å². The Kier molecular flexibility index (Phi) is 12.0. The molecular formula is C45H64N8O6. The first kappa shape index (κ1) is 41.5. The van der Waals surface area contributed by atoms with Crippen LogP contribution in [0.1, 0.15) is 77.7 Å². The van der Waals surface area contributed by atoms with E-state index >= 15 is 0 Å². The van der Waals surface area contributed by atoms with Gasteiger partial charge in [-0.25, -0.2) is 5.43 Å². The molecule has 0 radical (unpaired) electrons. The summed E-state index contributed by atoms with van der Waals surface area (Å²) in [6, 6.07) is 7.58. The Bertz CT molecular complexity index is 2040. The SMILES string of the molecule is CCn1c(-c2cc(N3CCN(C)CC3)cnc2[C@H](C)OC)c2c3cc(ccc31)N1CCO[C@@H](C[C@H](NC(=O)[C@H]3C[C@@H]3C)C(=O)N3CCC[C@H](N3)C(=O)OCC(C)(C)C2)C1. The summed E-state index contributed by atoms with van der Waals surface area (Å²) >= 11 is 0. The van der Waals surface area contributed by atoms with Gasteiger partial charge in [0.1, 0.15) is 12.1 Å². The van der Waals surface area contributed by atoms with Crippen molar-refractivity contribution in [2.24, 2.45) is 17.3 Å². The van der Waals surface area contributed by atoms with Crippen LogP contribution in [0.4, 0.5) is 11.4 Å². The minimum absolute atomic E-state index is 0.0833. The van der Waals surface area contributed by atoms with Crippen LogP contribution < -0.4 is 20.5 Å². The molecule has 6 heterocycles. The number of nitrogens with zero attached hydrogens (tertiary/aromatic N) is 6. The lowest BCUT2D eigenvalue weighted by atomic mass is 9.84. The van der Waals surface area contributed by atoms with E-state index in [1.165, 1.54) is 10.6 Å². The number of likely N-dealkylation sites (N-methyl/N-ethyl adjacent to an activating group) is 1. The molecule has 1 saturated carbocycles. The largest absolute Gasteiger partial charge is 0.464 e. The maximum absolute atomic E-state index is 14.2. The minimum atomic E-state index is -0.797. The van der Waals surface area contributed by atoms with Gasteiger partial charge >= 0.3 is 5.97 Å². The van der Waals surface area contributed by atoms with Gasteiger partial charge in [-0.15, -0.1) is 0 Å². The lowest BCUT2D eigenvalue weighted by Crippen LogP contribution is -2.61. The van der Waals surface area contributed by atoms with Crippen LogP contribution in [0, 0.1) is 17.3 Å². The number of cyclic esters (lactones) is 1. The van der Waals surface area contributed by atoms with Gasteiger partial charge in [-0.2, -0.15) is 0 Å². The zero-order valence-corrected chi connectivity index (χ0v) is 36.1. The maximum atomic E-state index is 14.2. The fraction of sp³-hybridized carbons (Fsp3) is 0.644. The average molecular weight is 813 g/mol. The zero-order valence-electron chi connectivity index (χ0n) is 36.1. The summed E-state index contributed by atoms with van der Waals surface area (Å²) < 4.78 is 20.9. The van der Waals surface area contributed by atoms with Gasteiger partial charge in [-0.05, 0) is 82.3 Å². The Morgan fingerprint density at radius 1 is 1.07 bits per heavy atom. The minimum Gasteiger partial charge on any atom is -0.464 e. The summed E-state index contributed by atoms with van der Waals surface area (Å²) in [5.74, 6) is -0.506. The van der Waals surface area contributed by atoms with Gasteiger partial charge in [0.05, 0.1) is 48.7 Å². The van der Waals surface area contributed by atoms with Crippen molar-refractivity contribution in [2.75, 3.05) is 83.0 Å². The molecule has 6 bridgehead atoms. The van der Waals surface area contributed by atoms with E-state index in [1.807, 2.05) is 6.20 Å². The highest BCUT2D eigenvalue weighted by molar-refractivity contribution is 5.95. The summed E-state index contributed by atoms with van der Waals surface area (Å²) in [7, 11) is 3.91. The van der Waals surface area contributed by atoms with Crippen LogP contribution in [0.3, 0.4) is 0 Å².